The van der Waals surface area contributed by atoms with Crippen molar-refractivity contribution in [3.05, 3.63) is 29.8 Å². The molecule has 1 saturated carbocycles. The minimum Gasteiger partial charge on any atom is -0.486 e. The summed E-state index contributed by atoms with van der Waals surface area (Å²) in [5, 5.41) is 6.79. The van der Waals surface area contributed by atoms with Gasteiger partial charge in [0.05, 0.1) is 6.04 Å². The Morgan fingerprint density at radius 1 is 1.20 bits per heavy atom. The number of fused-ring (bicyclic) bond motifs is 1. The van der Waals surface area contributed by atoms with Gasteiger partial charge in [0.25, 0.3) is 0 Å². The normalized spacial score (nSPS) is 27.5. The predicted octanol–water partition coefficient (Wildman–Crippen LogP) is 3.93. The molecule has 25 heavy (non-hydrogen) atoms. The van der Waals surface area contributed by atoms with Crippen LogP contribution in [0.3, 0.4) is 0 Å². The lowest BCUT2D eigenvalue weighted by Gasteiger charge is -2.32. The molecule has 1 aromatic rings. The average Bonchev–Trinajstić information content (AvgIpc) is 3.00. The standard InChI is InChI=1S/C20H30N2O3/c1-19(2,3)25-18(23)22-15-11-8-10-14(15)21-17-13-9-6-7-12-16(13)24-20(17,4)5/h6-7,9,12,14-15,17,21H,8,10-11H2,1-5H3,(H,22,23). The molecule has 1 aliphatic heterocycles. The Balaban J connectivity index is 1.68. The number of carbonyl (C=O) groups excluding carboxylic acids is 1. The molecule has 3 rings (SSSR count). The molecule has 0 aromatic heterocycles. The number of carbonyl (C=O) groups is 1. The van der Waals surface area contributed by atoms with E-state index in [0.717, 1.165) is 25.0 Å². The van der Waals surface area contributed by atoms with Crippen molar-refractivity contribution in [3.63, 3.8) is 0 Å². The summed E-state index contributed by atoms with van der Waals surface area (Å²) in [5.74, 6) is 0.944. The number of hydrogen-bond acceptors (Lipinski definition) is 4. The van der Waals surface area contributed by atoms with E-state index in [1.54, 1.807) is 0 Å². The number of alkyl carbamates (subject to hydrolysis) is 1. The number of hydrogen-bond donors (Lipinski definition) is 2. The van der Waals surface area contributed by atoms with Gasteiger partial charge in [0, 0.05) is 17.6 Å². The van der Waals surface area contributed by atoms with Crippen LogP contribution >= 0.6 is 0 Å². The average molecular weight is 346 g/mol. The third-order valence-electron chi connectivity index (χ3n) is 4.90. The molecule has 1 aromatic carbocycles. The lowest BCUT2D eigenvalue weighted by Crippen LogP contribution is -2.51. The van der Waals surface area contributed by atoms with Crippen LogP contribution in [0.1, 0.15) is 65.5 Å². The predicted molar refractivity (Wildman–Crippen MR) is 97.8 cm³/mol. The van der Waals surface area contributed by atoms with E-state index in [4.69, 9.17) is 9.47 Å². The van der Waals surface area contributed by atoms with Crippen molar-refractivity contribution in [1.82, 2.24) is 10.6 Å². The van der Waals surface area contributed by atoms with Gasteiger partial charge < -0.3 is 20.1 Å². The van der Waals surface area contributed by atoms with Crippen LogP contribution in [0.25, 0.3) is 0 Å². The van der Waals surface area contributed by atoms with E-state index in [0.29, 0.717) is 0 Å². The minimum absolute atomic E-state index is 0.0819. The van der Waals surface area contributed by atoms with Crippen LogP contribution in [-0.2, 0) is 4.74 Å². The summed E-state index contributed by atoms with van der Waals surface area (Å²) < 4.78 is 11.5. The maximum Gasteiger partial charge on any atom is 0.407 e. The van der Waals surface area contributed by atoms with Crippen LogP contribution in [0.5, 0.6) is 5.75 Å². The van der Waals surface area contributed by atoms with Crippen LogP contribution < -0.4 is 15.4 Å². The summed E-state index contributed by atoms with van der Waals surface area (Å²) in [4.78, 5) is 12.1. The number of rotatable bonds is 3. The second-order valence-corrected chi connectivity index (χ2v) is 8.63. The quantitative estimate of drug-likeness (QED) is 0.870. The molecule has 2 N–H and O–H groups in total. The molecule has 1 heterocycles. The Hall–Kier alpha value is -1.75. The zero-order valence-electron chi connectivity index (χ0n) is 15.9. The highest BCUT2D eigenvalue weighted by atomic mass is 16.6. The third kappa shape index (κ3) is 4.09. The Bertz CT molecular complexity index is 636. The Morgan fingerprint density at radius 3 is 2.60 bits per heavy atom. The largest absolute Gasteiger partial charge is 0.486 e. The van der Waals surface area contributed by atoms with Crippen molar-refractivity contribution in [2.45, 2.75) is 83.2 Å². The maximum atomic E-state index is 12.1. The molecule has 1 aliphatic carbocycles. The van der Waals surface area contributed by atoms with Crippen LogP contribution in [0.15, 0.2) is 24.3 Å². The molecule has 1 fully saturated rings. The van der Waals surface area contributed by atoms with E-state index in [1.165, 1.54) is 5.56 Å². The molecule has 0 radical (unpaired) electrons. The molecule has 5 heteroatoms. The molecule has 1 amide bonds. The SMILES string of the molecule is CC(C)(C)OC(=O)NC1CCCC1NC1c2ccccc2OC1(C)C. The van der Waals surface area contributed by atoms with Crippen molar-refractivity contribution in [3.8, 4) is 5.75 Å². The Labute approximate surface area is 150 Å². The number of amides is 1. The van der Waals surface area contributed by atoms with Gasteiger partial charge in [-0.1, -0.05) is 18.2 Å². The smallest absolute Gasteiger partial charge is 0.407 e. The van der Waals surface area contributed by atoms with E-state index in [-0.39, 0.29) is 29.8 Å². The van der Waals surface area contributed by atoms with Gasteiger partial charge >= 0.3 is 6.09 Å². The van der Waals surface area contributed by atoms with Gasteiger partial charge in [-0.25, -0.2) is 4.79 Å². The summed E-state index contributed by atoms with van der Waals surface area (Å²) in [6.07, 6.45) is 2.75. The summed E-state index contributed by atoms with van der Waals surface area (Å²) in [6, 6.07) is 8.58. The van der Waals surface area contributed by atoms with E-state index in [1.807, 2.05) is 39.0 Å². The van der Waals surface area contributed by atoms with Crippen molar-refractivity contribution >= 4 is 6.09 Å². The van der Waals surface area contributed by atoms with E-state index in [2.05, 4.69) is 30.5 Å². The molecule has 0 saturated heterocycles. The Morgan fingerprint density at radius 2 is 1.88 bits per heavy atom. The lowest BCUT2D eigenvalue weighted by atomic mass is 9.93. The first-order valence-electron chi connectivity index (χ1n) is 9.19. The van der Waals surface area contributed by atoms with E-state index in [9.17, 15) is 4.79 Å². The van der Waals surface area contributed by atoms with Crippen LogP contribution in [0, 0.1) is 0 Å². The fourth-order valence-electron chi connectivity index (χ4n) is 3.82. The first-order chi connectivity index (χ1) is 11.7. The molecular formula is C20H30N2O3. The van der Waals surface area contributed by atoms with Gasteiger partial charge in [0.1, 0.15) is 17.0 Å². The van der Waals surface area contributed by atoms with Gasteiger partial charge in [-0.15, -0.1) is 0 Å². The van der Waals surface area contributed by atoms with Crippen molar-refractivity contribution in [2.24, 2.45) is 0 Å². The summed E-state index contributed by atoms with van der Waals surface area (Å²) in [6.45, 7) is 9.86. The second kappa shape index (κ2) is 6.52. The fraction of sp³-hybridized carbons (Fsp3) is 0.650. The second-order valence-electron chi connectivity index (χ2n) is 8.63. The van der Waals surface area contributed by atoms with Gasteiger partial charge in [0.2, 0.25) is 0 Å². The fourth-order valence-corrected chi connectivity index (χ4v) is 3.82. The minimum atomic E-state index is -0.480. The van der Waals surface area contributed by atoms with Crippen LogP contribution in [-0.4, -0.2) is 29.4 Å². The number of ether oxygens (including phenoxy) is 2. The molecule has 0 bridgehead atoms. The molecular weight excluding hydrogens is 316 g/mol. The number of benzene rings is 1. The van der Waals surface area contributed by atoms with Gasteiger partial charge in [-0.05, 0) is 59.9 Å². The van der Waals surface area contributed by atoms with Crippen LogP contribution in [0.2, 0.25) is 0 Å². The lowest BCUT2D eigenvalue weighted by molar-refractivity contribution is 0.0488. The summed E-state index contributed by atoms with van der Waals surface area (Å²) >= 11 is 0. The first kappa shape index (κ1) is 18.1. The Kier molecular flexibility index (Phi) is 4.71. The molecule has 3 atom stereocenters. The zero-order chi connectivity index (χ0) is 18.2. The van der Waals surface area contributed by atoms with E-state index < -0.39 is 5.60 Å². The molecule has 3 unspecified atom stereocenters. The maximum absolute atomic E-state index is 12.1. The molecule has 5 nitrogen and oxygen atoms in total. The highest BCUT2D eigenvalue weighted by molar-refractivity contribution is 5.68. The van der Waals surface area contributed by atoms with Gasteiger partial charge in [-0.3, -0.25) is 0 Å². The van der Waals surface area contributed by atoms with E-state index >= 15 is 0 Å². The van der Waals surface area contributed by atoms with Crippen molar-refractivity contribution in [1.29, 1.82) is 0 Å². The molecule has 138 valence electrons. The molecule has 0 spiro atoms. The summed E-state index contributed by atoms with van der Waals surface area (Å²) in [5.41, 5.74) is 0.393. The number of para-hydroxylation sites is 1. The van der Waals surface area contributed by atoms with Crippen LogP contribution in [0.4, 0.5) is 4.79 Å². The third-order valence-corrected chi connectivity index (χ3v) is 4.90. The molecule has 2 aliphatic rings. The van der Waals surface area contributed by atoms with Gasteiger partial charge in [-0.2, -0.15) is 0 Å². The summed E-state index contributed by atoms with van der Waals surface area (Å²) in [7, 11) is 0. The van der Waals surface area contributed by atoms with Crippen molar-refractivity contribution < 1.29 is 14.3 Å². The first-order valence-corrected chi connectivity index (χ1v) is 9.19. The zero-order valence-corrected chi connectivity index (χ0v) is 15.9. The number of nitrogens with one attached hydrogen (secondary N) is 2. The van der Waals surface area contributed by atoms with Gasteiger partial charge in [0.15, 0.2) is 0 Å². The topological polar surface area (TPSA) is 59.6 Å². The highest BCUT2D eigenvalue weighted by Crippen LogP contribution is 2.43. The van der Waals surface area contributed by atoms with Crippen molar-refractivity contribution in [2.75, 3.05) is 0 Å². The highest BCUT2D eigenvalue weighted by Gasteiger charge is 2.43. The monoisotopic (exact) mass is 346 g/mol.